The Hall–Kier alpha value is 0.140. The molecule has 0 aliphatic rings. The zero-order chi connectivity index (χ0) is 7.40. The van der Waals surface area contributed by atoms with Gasteiger partial charge in [0.1, 0.15) is 0 Å². The van der Waals surface area contributed by atoms with Gasteiger partial charge in [0, 0.05) is 0 Å². The van der Waals surface area contributed by atoms with E-state index in [1.165, 1.54) is 0 Å². The van der Waals surface area contributed by atoms with Crippen molar-refractivity contribution in [3.63, 3.8) is 0 Å². The van der Waals surface area contributed by atoms with E-state index in [1.807, 2.05) is 18.2 Å². The summed E-state index contributed by atoms with van der Waals surface area (Å²) >= 11 is 0. The van der Waals surface area contributed by atoms with Gasteiger partial charge in [-0.05, 0) is 13.1 Å². The van der Waals surface area contributed by atoms with Crippen LogP contribution in [-0.2, 0) is 13.1 Å². The molecule has 0 aromatic heterocycles. The third-order valence-corrected chi connectivity index (χ3v) is 1.38. The minimum absolute atomic E-state index is 0. The van der Waals surface area contributed by atoms with Gasteiger partial charge in [-0.25, -0.2) is 0 Å². The monoisotopic (exact) mass is 158 g/mol. The third kappa shape index (κ3) is 3.36. The zero-order valence-electron chi connectivity index (χ0n) is 6.80. The van der Waals surface area contributed by atoms with Gasteiger partial charge in [0.2, 0.25) is 0 Å². The van der Waals surface area contributed by atoms with Gasteiger partial charge in [0.25, 0.3) is 0 Å². The summed E-state index contributed by atoms with van der Waals surface area (Å²) in [6.45, 7) is 1.11. The molecule has 0 aliphatic heterocycles. The molecule has 0 unspecified atom stereocenters. The van der Waals surface area contributed by atoms with E-state index in [0.29, 0.717) is 13.1 Å². The fourth-order valence-electron chi connectivity index (χ4n) is 0.814. The van der Waals surface area contributed by atoms with Gasteiger partial charge in [-0.15, -0.1) is 11.1 Å². The van der Waals surface area contributed by atoms with Crippen molar-refractivity contribution in [2.45, 2.75) is 13.1 Å². The second kappa shape index (κ2) is 5.75. The maximum Gasteiger partial charge on any atom is 1.00 e. The minimum atomic E-state index is 0. The quantitative estimate of drug-likeness (QED) is 0.366. The SMILES string of the molecule is NCc1[c-]ccc(CN)c1.[Na+]. The second-order valence-electron chi connectivity index (χ2n) is 2.13. The topological polar surface area (TPSA) is 52.0 Å². The Morgan fingerprint density at radius 2 is 2.00 bits per heavy atom. The molecule has 1 rings (SSSR count). The Morgan fingerprint density at radius 1 is 1.27 bits per heavy atom. The molecule has 54 valence electrons. The van der Waals surface area contributed by atoms with Crippen LogP contribution in [0.25, 0.3) is 0 Å². The summed E-state index contributed by atoms with van der Waals surface area (Å²) in [6, 6.07) is 8.78. The van der Waals surface area contributed by atoms with Gasteiger partial charge < -0.3 is 11.5 Å². The summed E-state index contributed by atoms with van der Waals surface area (Å²) in [5, 5.41) is 0. The van der Waals surface area contributed by atoms with Crippen molar-refractivity contribution in [2.24, 2.45) is 11.5 Å². The molecule has 1 aromatic rings. The fraction of sp³-hybridized carbons (Fsp3) is 0.250. The van der Waals surface area contributed by atoms with E-state index in [2.05, 4.69) is 6.07 Å². The molecule has 4 N–H and O–H groups in total. The molecule has 0 atom stereocenters. The Bertz CT molecular complexity index is 194. The molecule has 0 bridgehead atoms. The van der Waals surface area contributed by atoms with E-state index in [0.717, 1.165) is 11.1 Å². The van der Waals surface area contributed by atoms with Crippen LogP contribution in [0.4, 0.5) is 0 Å². The predicted octanol–water partition coefficient (Wildman–Crippen LogP) is -2.59. The van der Waals surface area contributed by atoms with E-state index in [1.54, 1.807) is 0 Å². The van der Waals surface area contributed by atoms with E-state index >= 15 is 0 Å². The maximum absolute atomic E-state index is 5.42. The van der Waals surface area contributed by atoms with Crippen LogP contribution in [0.3, 0.4) is 0 Å². The van der Waals surface area contributed by atoms with Crippen LogP contribution in [0.1, 0.15) is 11.1 Å². The van der Waals surface area contributed by atoms with Crippen LogP contribution in [-0.4, -0.2) is 0 Å². The maximum atomic E-state index is 5.42. The van der Waals surface area contributed by atoms with Crippen LogP contribution >= 0.6 is 0 Å². The van der Waals surface area contributed by atoms with Crippen molar-refractivity contribution >= 4 is 0 Å². The minimum Gasteiger partial charge on any atom is -0.328 e. The van der Waals surface area contributed by atoms with Crippen molar-refractivity contribution in [2.75, 3.05) is 0 Å². The van der Waals surface area contributed by atoms with Gasteiger partial charge in [0.15, 0.2) is 0 Å². The molecule has 0 saturated heterocycles. The molecule has 0 saturated carbocycles. The molecule has 0 spiro atoms. The average Bonchev–Trinajstić information content (AvgIpc) is 2.05. The van der Waals surface area contributed by atoms with Crippen LogP contribution < -0.4 is 41.0 Å². The smallest absolute Gasteiger partial charge is 0.328 e. The fourth-order valence-corrected chi connectivity index (χ4v) is 0.814. The Morgan fingerprint density at radius 3 is 2.55 bits per heavy atom. The number of nitrogens with two attached hydrogens (primary N) is 2. The molecular formula is C8H11N2Na. The number of benzene rings is 1. The molecule has 0 heterocycles. The number of hydrogen-bond donors (Lipinski definition) is 2. The molecule has 0 aliphatic carbocycles. The molecule has 0 fully saturated rings. The molecule has 1 aromatic carbocycles. The first-order chi connectivity index (χ1) is 4.86. The summed E-state index contributed by atoms with van der Waals surface area (Å²) in [7, 11) is 0. The summed E-state index contributed by atoms with van der Waals surface area (Å²) in [5.41, 5.74) is 12.9. The van der Waals surface area contributed by atoms with Crippen LogP contribution in [0.2, 0.25) is 0 Å². The van der Waals surface area contributed by atoms with Gasteiger partial charge in [-0.3, -0.25) is 0 Å². The van der Waals surface area contributed by atoms with Crippen molar-refractivity contribution < 1.29 is 29.6 Å². The Kier molecular flexibility index (Phi) is 5.82. The standard InChI is InChI=1S/C8H11N2.Na/c9-5-7-2-1-3-8(4-7)6-10;/h1-2,4H,5-6,9-10H2;/q-1;+1. The van der Waals surface area contributed by atoms with Crippen molar-refractivity contribution in [1.82, 2.24) is 0 Å². The summed E-state index contributed by atoms with van der Waals surface area (Å²) in [5.74, 6) is 0. The van der Waals surface area contributed by atoms with E-state index in [4.69, 9.17) is 11.5 Å². The second-order valence-corrected chi connectivity index (χ2v) is 2.13. The molecule has 3 heteroatoms. The zero-order valence-corrected chi connectivity index (χ0v) is 8.80. The normalized spacial score (nSPS) is 8.91. The van der Waals surface area contributed by atoms with E-state index in [9.17, 15) is 0 Å². The largest absolute Gasteiger partial charge is 1.00 e. The predicted molar refractivity (Wildman–Crippen MR) is 41.1 cm³/mol. The molecule has 0 amide bonds. The Labute approximate surface area is 89.3 Å². The van der Waals surface area contributed by atoms with Crippen LogP contribution in [0.5, 0.6) is 0 Å². The molecule has 0 radical (unpaired) electrons. The van der Waals surface area contributed by atoms with Crippen LogP contribution in [0.15, 0.2) is 18.2 Å². The van der Waals surface area contributed by atoms with Crippen molar-refractivity contribution in [1.29, 1.82) is 0 Å². The third-order valence-electron chi connectivity index (χ3n) is 1.38. The van der Waals surface area contributed by atoms with Gasteiger partial charge in [-0.2, -0.15) is 24.3 Å². The molecule has 11 heavy (non-hydrogen) atoms. The Balaban J connectivity index is 0.000001000. The van der Waals surface area contributed by atoms with Crippen molar-refractivity contribution in [3.05, 3.63) is 35.4 Å². The number of rotatable bonds is 2. The summed E-state index contributed by atoms with van der Waals surface area (Å²) in [6.07, 6.45) is 0. The average molecular weight is 158 g/mol. The van der Waals surface area contributed by atoms with Gasteiger partial charge >= 0.3 is 29.6 Å². The van der Waals surface area contributed by atoms with Crippen LogP contribution in [0, 0.1) is 6.07 Å². The van der Waals surface area contributed by atoms with E-state index < -0.39 is 0 Å². The summed E-state index contributed by atoms with van der Waals surface area (Å²) in [4.78, 5) is 0. The first-order valence-corrected chi connectivity index (χ1v) is 3.26. The van der Waals surface area contributed by atoms with Gasteiger partial charge in [0.05, 0.1) is 0 Å². The number of hydrogen-bond acceptors (Lipinski definition) is 2. The first-order valence-electron chi connectivity index (χ1n) is 3.26. The summed E-state index contributed by atoms with van der Waals surface area (Å²) < 4.78 is 0. The van der Waals surface area contributed by atoms with E-state index in [-0.39, 0.29) is 29.6 Å². The molecular weight excluding hydrogens is 147 g/mol. The first kappa shape index (κ1) is 11.1. The van der Waals surface area contributed by atoms with Gasteiger partial charge in [-0.1, -0.05) is 0 Å². The molecule has 2 nitrogen and oxygen atoms in total. The van der Waals surface area contributed by atoms with Crippen molar-refractivity contribution in [3.8, 4) is 0 Å².